The molecule has 5 heteroatoms. The lowest BCUT2D eigenvalue weighted by molar-refractivity contribution is -0.115. The van der Waals surface area contributed by atoms with Crippen molar-refractivity contribution in [2.45, 2.75) is 13.0 Å². The Balaban J connectivity index is 1.61. The molecule has 1 amide bonds. The molecule has 1 atom stereocenters. The molecular weight excluding hydrogens is 352 g/mol. The van der Waals surface area contributed by atoms with Crippen molar-refractivity contribution in [1.29, 1.82) is 0 Å². The molecule has 0 bridgehead atoms. The van der Waals surface area contributed by atoms with Crippen LogP contribution in [0.1, 0.15) is 18.5 Å². The average molecular weight is 376 g/mol. The number of rotatable bonds is 8. The summed E-state index contributed by atoms with van der Waals surface area (Å²) >= 11 is 0. The monoisotopic (exact) mass is 376 g/mol. The molecular formula is C23H24N2O3. The Kier molecular flexibility index (Phi) is 6.65. The molecule has 3 aromatic carbocycles. The Morgan fingerprint density at radius 1 is 0.893 bits per heavy atom. The molecule has 0 fully saturated rings. The fourth-order valence-corrected chi connectivity index (χ4v) is 2.85. The van der Waals surface area contributed by atoms with Crippen LogP contribution >= 0.6 is 0 Å². The lowest BCUT2D eigenvalue weighted by Gasteiger charge is -2.17. The summed E-state index contributed by atoms with van der Waals surface area (Å²) in [4.78, 5) is 12.4. The molecule has 2 N–H and O–H groups in total. The van der Waals surface area contributed by atoms with Gasteiger partial charge in [-0.1, -0.05) is 48.5 Å². The van der Waals surface area contributed by atoms with Gasteiger partial charge in [-0.15, -0.1) is 0 Å². The highest BCUT2D eigenvalue weighted by atomic mass is 16.5. The van der Waals surface area contributed by atoms with Gasteiger partial charge < -0.3 is 20.1 Å². The maximum Gasteiger partial charge on any atom is 0.238 e. The number of ether oxygens (including phenoxy) is 2. The van der Waals surface area contributed by atoms with E-state index in [0.717, 1.165) is 11.3 Å². The van der Waals surface area contributed by atoms with Gasteiger partial charge in [0, 0.05) is 11.6 Å². The smallest absolute Gasteiger partial charge is 0.238 e. The van der Waals surface area contributed by atoms with Crippen LogP contribution in [0, 0.1) is 0 Å². The molecule has 0 aromatic heterocycles. The minimum absolute atomic E-state index is 0.0299. The van der Waals surface area contributed by atoms with E-state index in [1.54, 1.807) is 7.11 Å². The highest BCUT2D eigenvalue weighted by Crippen LogP contribution is 2.29. The van der Waals surface area contributed by atoms with Crippen LogP contribution in [-0.4, -0.2) is 19.6 Å². The first kappa shape index (κ1) is 19.5. The molecule has 3 rings (SSSR count). The summed E-state index contributed by atoms with van der Waals surface area (Å²) in [5.41, 5.74) is 1.63. The normalized spacial score (nSPS) is 11.5. The second-order valence-electron chi connectivity index (χ2n) is 6.30. The van der Waals surface area contributed by atoms with Crippen LogP contribution in [0.2, 0.25) is 0 Å². The van der Waals surface area contributed by atoms with E-state index in [2.05, 4.69) is 10.6 Å². The van der Waals surface area contributed by atoms with Crippen LogP contribution in [0.5, 0.6) is 17.2 Å². The van der Waals surface area contributed by atoms with Crippen molar-refractivity contribution in [3.63, 3.8) is 0 Å². The zero-order valence-corrected chi connectivity index (χ0v) is 16.0. The average Bonchev–Trinajstić information content (AvgIpc) is 2.74. The summed E-state index contributed by atoms with van der Waals surface area (Å²) in [6.45, 7) is 2.16. The van der Waals surface area contributed by atoms with Crippen molar-refractivity contribution in [3.8, 4) is 17.2 Å². The van der Waals surface area contributed by atoms with Crippen molar-refractivity contribution in [1.82, 2.24) is 5.32 Å². The van der Waals surface area contributed by atoms with E-state index in [4.69, 9.17) is 9.47 Å². The van der Waals surface area contributed by atoms with Gasteiger partial charge in [0.1, 0.15) is 11.5 Å². The van der Waals surface area contributed by atoms with Crippen molar-refractivity contribution in [2.24, 2.45) is 0 Å². The predicted molar refractivity (Wildman–Crippen MR) is 111 cm³/mol. The number of para-hydroxylation sites is 4. The molecule has 0 aliphatic heterocycles. The maximum atomic E-state index is 12.4. The quantitative estimate of drug-likeness (QED) is 0.594. The molecule has 0 radical (unpaired) electrons. The molecule has 0 saturated heterocycles. The summed E-state index contributed by atoms with van der Waals surface area (Å²) in [6, 6.07) is 24.6. The van der Waals surface area contributed by atoms with Crippen LogP contribution in [0.25, 0.3) is 0 Å². The number of hydrogen-bond donors (Lipinski definition) is 2. The molecule has 28 heavy (non-hydrogen) atoms. The first-order chi connectivity index (χ1) is 13.7. The zero-order valence-electron chi connectivity index (χ0n) is 16.0. The van der Waals surface area contributed by atoms with Crippen molar-refractivity contribution in [2.75, 3.05) is 19.0 Å². The Bertz CT molecular complexity index is 912. The first-order valence-corrected chi connectivity index (χ1v) is 9.15. The SMILES string of the molecule is COc1ccccc1C(C)NCC(=O)Nc1ccccc1Oc1ccccc1. The summed E-state index contributed by atoms with van der Waals surface area (Å²) in [5, 5.41) is 6.14. The van der Waals surface area contributed by atoms with Crippen LogP contribution in [0.15, 0.2) is 78.9 Å². The van der Waals surface area contributed by atoms with Gasteiger partial charge in [-0.2, -0.15) is 0 Å². The van der Waals surface area contributed by atoms with E-state index in [9.17, 15) is 4.79 Å². The molecule has 0 saturated carbocycles. The standard InChI is InChI=1S/C23H24N2O3/c1-17(19-12-6-8-14-21(19)27-2)24-16-23(26)25-20-13-7-9-15-22(20)28-18-10-4-3-5-11-18/h3-15,17,24H,16H2,1-2H3,(H,25,26). The number of hydrogen-bond acceptors (Lipinski definition) is 4. The van der Waals surface area contributed by atoms with Crippen molar-refractivity contribution >= 4 is 11.6 Å². The van der Waals surface area contributed by atoms with E-state index in [1.807, 2.05) is 85.8 Å². The van der Waals surface area contributed by atoms with Gasteiger partial charge in [0.15, 0.2) is 5.75 Å². The minimum Gasteiger partial charge on any atom is -0.496 e. The van der Waals surface area contributed by atoms with E-state index in [1.165, 1.54) is 0 Å². The molecule has 0 heterocycles. The summed E-state index contributed by atoms with van der Waals surface area (Å²) in [6.07, 6.45) is 0. The number of methoxy groups -OCH3 is 1. The van der Waals surface area contributed by atoms with Gasteiger partial charge in [-0.3, -0.25) is 4.79 Å². The lowest BCUT2D eigenvalue weighted by Crippen LogP contribution is -2.30. The summed E-state index contributed by atoms with van der Waals surface area (Å²) < 4.78 is 11.3. The Morgan fingerprint density at radius 2 is 1.54 bits per heavy atom. The van der Waals surface area contributed by atoms with Gasteiger partial charge in [0.05, 0.1) is 19.3 Å². The molecule has 144 valence electrons. The molecule has 5 nitrogen and oxygen atoms in total. The minimum atomic E-state index is -0.147. The van der Waals surface area contributed by atoms with Gasteiger partial charge in [0.2, 0.25) is 5.91 Å². The number of anilines is 1. The van der Waals surface area contributed by atoms with Crippen LogP contribution in [0.3, 0.4) is 0 Å². The lowest BCUT2D eigenvalue weighted by atomic mass is 10.1. The number of carbonyl (C=O) groups excluding carboxylic acids is 1. The van der Waals surface area contributed by atoms with Crippen LogP contribution in [-0.2, 0) is 4.79 Å². The third kappa shape index (κ3) is 5.11. The number of nitrogens with one attached hydrogen (secondary N) is 2. The van der Waals surface area contributed by atoms with Crippen molar-refractivity contribution < 1.29 is 14.3 Å². The zero-order chi connectivity index (χ0) is 19.8. The first-order valence-electron chi connectivity index (χ1n) is 9.15. The Morgan fingerprint density at radius 3 is 2.29 bits per heavy atom. The van der Waals surface area contributed by atoms with Gasteiger partial charge in [-0.05, 0) is 37.3 Å². The van der Waals surface area contributed by atoms with Crippen molar-refractivity contribution in [3.05, 3.63) is 84.4 Å². The van der Waals surface area contributed by atoms with E-state index < -0.39 is 0 Å². The number of benzene rings is 3. The van der Waals surface area contributed by atoms with Gasteiger partial charge in [-0.25, -0.2) is 0 Å². The highest BCUT2D eigenvalue weighted by molar-refractivity contribution is 5.93. The van der Waals surface area contributed by atoms with Gasteiger partial charge >= 0.3 is 0 Å². The second-order valence-corrected chi connectivity index (χ2v) is 6.30. The molecule has 1 unspecified atom stereocenters. The van der Waals surface area contributed by atoms with Gasteiger partial charge in [0.25, 0.3) is 0 Å². The fraction of sp³-hybridized carbons (Fsp3) is 0.174. The Hall–Kier alpha value is -3.31. The Labute approximate surface area is 165 Å². The maximum absolute atomic E-state index is 12.4. The fourth-order valence-electron chi connectivity index (χ4n) is 2.85. The molecule has 3 aromatic rings. The molecule has 0 spiro atoms. The van der Waals surface area contributed by atoms with E-state index in [0.29, 0.717) is 17.2 Å². The van der Waals surface area contributed by atoms with E-state index in [-0.39, 0.29) is 18.5 Å². The molecule has 0 aliphatic carbocycles. The third-order valence-electron chi connectivity index (χ3n) is 4.31. The van der Waals surface area contributed by atoms with Crippen LogP contribution in [0.4, 0.5) is 5.69 Å². The largest absolute Gasteiger partial charge is 0.496 e. The third-order valence-corrected chi connectivity index (χ3v) is 4.31. The highest BCUT2D eigenvalue weighted by Gasteiger charge is 2.13. The number of amides is 1. The molecule has 0 aliphatic rings. The summed E-state index contributed by atoms with van der Waals surface area (Å²) in [7, 11) is 1.64. The summed E-state index contributed by atoms with van der Waals surface area (Å²) in [5.74, 6) is 1.96. The number of carbonyl (C=O) groups is 1. The van der Waals surface area contributed by atoms with Crippen LogP contribution < -0.4 is 20.1 Å². The second kappa shape index (κ2) is 9.58. The van der Waals surface area contributed by atoms with E-state index >= 15 is 0 Å². The predicted octanol–water partition coefficient (Wildman–Crippen LogP) is 4.78. The topological polar surface area (TPSA) is 59.6 Å².